The van der Waals surface area contributed by atoms with Crippen molar-refractivity contribution in [3.63, 3.8) is 0 Å². The number of H-pyrrole nitrogens is 2. The molecule has 6 rings (SSSR count). The molecule has 0 amide bonds. The third kappa shape index (κ3) is 10.2. The number of fused-ring (bicyclic) bond motifs is 3. The van der Waals surface area contributed by atoms with Gasteiger partial charge in [0.2, 0.25) is 0 Å². The normalized spacial score (nSPS) is 8.88. The highest BCUT2D eigenvalue weighted by molar-refractivity contribution is 5.80. The first-order chi connectivity index (χ1) is 19.1. The number of aromatic amines is 2. The van der Waals surface area contributed by atoms with Crippen molar-refractivity contribution in [1.29, 1.82) is 0 Å². The van der Waals surface area contributed by atoms with Gasteiger partial charge >= 0.3 is 0 Å². The summed E-state index contributed by atoms with van der Waals surface area (Å²) >= 11 is 0. The Morgan fingerprint density at radius 1 is 0.500 bits per heavy atom. The number of aryl methyl sites for hydroxylation is 1. The van der Waals surface area contributed by atoms with Gasteiger partial charge in [-0.05, 0) is 37.3 Å². The van der Waals surface area contributed by atoms with Crippen LogP contribution in [-0.2, 0) is 0 Å². The average molecular weight is 537 g/mol. The Kier molecular flexibility index (Phi) is 18.0. The molecule has 0 aliphatic heterocycles. The minimum Gasteiger partial charge on any atom is -0.313 e. The van der Waals surface area contributed by atoms with Gasteiger partial charge in [-0.3, -0.25) is 9.59 Å². The van der Waals surface area contributed by atoms with Gasteiger partial charge in [-0.25, -0.2) is 19.9 Å². The number of nitrogens with one attached hydrogen (secondary N) is 2. The zero-order chi connectivity index (χ0) is 29.0. The van der Waals surface area contributed by atoms with Crippen LogP contribution in [0.25, 0.3) is 32.7 Å². The van der Waals surface area contributed by atoms with E-state index in [0.29, 0.717) is 10.8 Å². The number of hydrogen-bond donors (Lipinski definition) is 2. The van der Waals surface area contributed by atoms with Crippen molar-refractivity contribution in [2.45, 2.75) is 48.5 Å². The molecular weight excluding hydrogens is 499 g/mol. The van der Waals surface area contributed by atoms with Crippen LogP contribution in [0.15, 0.2) is 101 Å². The van der Waals surface area contributed by atoms with Gasteiger partial charge in [-0.15, -0.1) is 0 Å². The van der Waals surface area contributed by atoms with Gasteiger partial charge in [0, 0.05) is 19.5 Å². The summed E-state index contributed by atoms with van der Waals surface area (Å²) in [6.45, 7) is 14.0. The van der Waals surface area contributed by atoms with E-state index in [9.17, 15) is 9.59 Å². The van der Waals surface area contributed by atoms with Crippen molar-refractivity contribution in [1.82, 2.24) is 29.9 Å². The van der Waals surface area contributed by atoms with E-state index >= 15 is 0 Å². The smallest absolute Gasteiger partial charge is 0.258 e. The Hall–Kier alpha value is -4.66. The van der Waals surface area contributed by atoms with E-state index in [-0.39, 0.29) is 19.5 Å². The Labute approximate surface area is 237 Å². The summed E-state index contributed by atoms with van der Waals surface area (Å²) in [7, 11) is 0. The summed E-state index contributed by atoms with van der Waals surface area (Å²) < 4.78 is 0. The molecule has 0 fully saturated rings. The number of para-hydroxylation sites is 3. The van der Waals surface area contributed by atoms with Crippen LogP contribution in [0.5, 0.6) is 0 Å². The van der Waals surface area contributed by atoms with Crippen LogP contribution < -0.4 is 11.1 Å². The molecule has 2 N–H and O–H groups in total. The lowest BCUT2D eigenvalue weighted by molar-refractivity contribution is 1.15. The van der Waals surface area contributed by atoms with Crippen LogP contribution in [-0.4, -0.2) is 38.3 Å². The molecule has 0 unspecified atom stereocenters. The molecule has 0 aliphatic carbocycles. The molecule has 6 aromatic rings. The van der Waals surface area contributed by atoms with Crippen LogP contribution in [0.3, 0.4) is 0 Å². The molecule has 207 valence electrons. The second kappa shape index (κ2) is 20.3. The maximum absolute atomic E-state index is 11.1. The van der Waals surface area contributed by atoms with E-state index in [0.717, 1.165) is 27.6 Å². The van der Waals surface area contributed by atoms with E-state index in [2.05, 4.69) is 29.9 Å². The summed E-state index contributed by atoms with van der Waals surface area (Å²) in [6, 6.07) is 22.5. The lowest BCUT2D eigenvalue weighted by Crippen LogP contribution is -2.05. The lowest BCUT2D eigenvalue weighted by atomic mass is 10.2. The average Bonchev–Trinajstić information content (AvgIpc) is 3.02. The molecule has 0 aliphatic rings. The van der Waals surface area contributed by atoms with Gasteiger partial charge in [0.15, 0.2) is 0 Å². The second-order valence-electron chi connectivity index (χ2n) is 6.97. The Bertz CT molecular complexity index is 1550. The fourth-order valence-electron chi connectivity index (χ4n) is 3.17. The van der Waals surface area contributed by atoms with Gasteiger partial charge in [0.05, 0.1) is 40.0 Å². The van der Waals surface area contributed by atoms with Crippen molar-refractivity contribution in [3.05, 3.63) is 118 Å². The summed E-state index contributed by atoms with van der Waals surface area (Å²) in [5.74, 6) is 0. The number of rotatable bonds is 0. The lowest BCUT2D eigenvalue weighted by Gasteiger charge is -1.96. The van der Waals surface area contributed by atoms with Gasteiger partial charge in [-0.2, -0.15) is 0 Å². The van der Waals surface area contributed by atoms with E-state index < -0.39 is 0 Å². The van der Waals surface area contributed by atoms with E-state index in [1.165, 1.54) is 12.7 Å². The zero-order valence-electron chi connectivity index (χ0n) is 24.3. The quantitative estimate of drug-likeness (QED) is 0.214. The number of benzene rings is 3. The van der Waals surface area contributed by atoms with Crippen molar-refractivity contribution < 1.29 is 0 Å². The predicted molar refractivity (Wildman–Crippen MR) is 169 cm³/mol. The summed E-state index contributed by atoms with van der Waals surface area (Å²) in [6.07, 6.45) is 4.41. The highest BCUT2D eigenvalue weighted by Gasteiger charge is 1.96. The Morgan fingerprint density at radius 3 is 1.23 bits per heavy atom. The molecular formula is C31H38BN6O2. The molecule has 0 atom stereocenters. The molecule has 0 saturated carbocycles. The maximum atomic E-state index is 11.1. The summed E-state index contributed by atoms with van der Waals surface area (Å²) in [5, 5.41) is 2.40. The van der Waals surface area contributed by atoms with Gasteiger partial charge in [0.1, 0.15) is 6.33 Å². The van der Waals surface area contributed by atoms with Gasteiger partial charge < -0.3 is 9.97 Å². The van der Waals surface area contributed by atoms with Crippen molar-refractivity contribution in [3.8, 4) is 0 Å². The molecule has 0 bridgehead atoms. The van der Waals surface area contributed by atoms with E-state index in [1.54, 1.807) is 18.5 Å². The second-order valence-corrected chi connectivity index (χ2v) is 6.97. The van der Waals surface area contributed by atoms with Crippen molar-refractivity contribution in [2.75, 3.05) is 0 Å². The van der Waals surface area contributed by atoms with Crippen molar-refractivity contribution in [2.24, 2.45) is 0 Å². The first kappa shape index (κ1) is 35.3. The SMILES string of the molecule is CC.CC.CC.Cc1ncnc2ccccc12.O=c1[nH]cnc2ccccc12.O=c1[nH]cnc2ccccc12.[B]. The fraction of sp³-hybridized carbons (Fsp3) is 0.226. The number of aromatic nitrogens is 6. The molecule has 0 spiro atoms. The van der Waals surface area contributed by atoms with E-state index in [4.69, 9.17) is 0 Å². The van der Waals surface area contributed by atoms with Gasteiger partial charge in [-0.1, -0.05) is 84.0 Å². The highest BCUT2D eigenvalue weighted by Crippen LogP contribution is 2.11. The first-order valence-electron chi connectivity index (χ1n) is 13.1. The molecule has 3 aromatic heterocycles. The molecule has 0 saturated heterocycles. The fourth-order valence-corrected chi connectivity index (χ4v) is 3.17. The molecule has 40 heavy (non-hydrogen) atoms. The topological polar surface area (TPSA) is 117 Å². The van der Waals surface area contributed by atoms with Crippen LogP contribution in [0.2, 0.25) is 0 Å². The first-order valence-corrected chi connectivity index (χ1v) is 13.1. The standard InChI is InChI=1S/C9H8N2.2C8H6N2O.3C2H6.B/c1-7-8-4-2-3-5-9(8)11-6-10-7;2*11-8-6-3-1-2-4-7(6)9-5-10-8;3*1-2;/h2-6H,1H3;2*1-5H,(H,9,10,11);3*1-2H3;. The number of hydrogen-bond acceptors (Lipinski definition) is 6. The highest BCUT2D eigenvalue weighted by atomic mass is 16.1. The third-order valence-corrected chi connectivity index (χ3v) is 4.84. The number of nitrogens with zero attached hydrogens (tertiary/aromatic N) is 4. The Balaban J connectivity index is 0.000000515. The van der Waals surface area contributed by atoms with Crippen molar-refractivity contribution >= 4 is 41.1 Å². The van der Waals surface area contributed by atoms with Crippen LogP contribution in [0.1, 0.15) is 47.2 Å². The molecule has 3 heterocycles. The van der Waals surface area contributed by atoms with Crippen LogP contribution in [0, 0.1) is 6.92 Å². The minimum absolute atomic E-state index is 0. The largest absolute Gasteiger partial charge is 0.313 e. The van der Waals surface area contributed by atoms with Crippen LogP contribution >= 0.6 is 0 Å². The predicted octanol–water partition coefficient (Wildman–Crippen LogP) is 6.48. The van der Waals surface area contributed by atoms with E-state index in [1.807, 2.05) is 109 Å². The molecule has 9 heteroatoms. The minimum atomic E-state index is -0.0874. The monoisotopic (exact) mass is 537 g/mol. The maximum Gasteiger partial charge on any atom is 0.258 e. The Morgan fingerprint density at radius 2 is 0.850 bits per heavy atom. The van der Waals surface area contributed by atoms with Crippen LogP contribution in [0.4, 0.5) is 0 Å². The molecule has 3 aromatic carbocycles. The third-order valence-electron chi connectivity index (χ3n) is 4.84. The zero-order valence-corrected chi connectivity index (χ0v) is 24.3. The summed E-state index contributed by atoms with van der Waals surface area (Å²) in [4.78, 5) is 43.4. The molecule has 8 nitrogen and oxygen atoms in total. The van der Waals surface area contributed by atoms with Gasteiger partial charge in [0.25, 0.3) is 11.1 Å². The molecule has 3 radical (unpaired) electrons. The summed E-state index contributed by atoms with van der Waals surface area (Å²) in [5.41, 5.74) is 3.34.